The Kier molecular flexibility index (Phi) is 6.33. The smallest absolute Gasteiger partial charge is 0.411 e. The van der Waals surface area contributed by atoms with E-state index in [4.69, 9.17) is 13.2 Å². The van der Waals surface area contributed by atoms with Crippen LogP contribution in [0.25, 0.3) is 0 Å². The van der Waals surface area contributed by atoms with E-state index in [0.717, 1.165) is 11.1 Å². The SMILES string of the molecule is [2H]C1([2H])N(C(=O)C(=CNC(=O)OC(C)(C)C)CC(C)C)[C@H](C(N)=O)C[C@]12C(=O)Nc1ccc(Br)cc12. The van der Waals surface area contributed by atoms with E-state index < -0.39 is 47.4 Å². The third kappa shape index (κ3) is 5.27. The average Bonchev–Trinajstić information content (AvgIpc) is 3.15. The van der Waals surface area contributed by atoms with Crippen molar-refractivity contribution < 1.29 is 26.7 Å². The average molecular weight is 537 g/mol. The van der Waals surface area contributed by atoms with Crippen molar-refractivity contribution in [2.45, 2.75) is 64.5 Å². The van der Waals surface area contributed by atoms with E-state index in [1.807, 2.05) is 13.8 Å². The quantitative estimate of drug-likeness (QED) is 0.497. The van der Waals surface area contributed by atoms with E-state index in [2.05, 4.69) is 26.6 Å². The zero-order valence-electron chi connectivity index (χ0n) is 21.8. The summed E-state index contributed by atoms with van der Waals surface area (Å²) in [5.41, 5.74) is 3.77. The Morgan fingerprint density at radius 3 is 2.68 bits per heavy atom. The molecule has 0 unspecified atom stereocenters. The van der Waals surface area contributed by atoms with Crippen LogP contribution in [0.2, 0.25) is 0 Å². The molecule has 34 heavy (non-hydrogen) atoms. The molecule has 1 aromatic carbocycles. The van der Waals surface area contributed by atoms with Gasteiger partial charge in [0.05, 0.1) is 8.16 Å². The number of carbonyl (C=O) groups is 4. The van der Waals surface area contributed by atoms with E-state index in [0.29, 0.717) is 15.7 Å². The molecule has 2 heterocycles. The van der Waals surface area contributed by atoms with Crippen LogP contribution in [0.1, 0.15) is 55.8 Å². The Labute approximate surface area is 210 Å². The first kappa shape index (κ1) is 22.9. The molecule has 0 radical (unpaired) electrons. The summed E-state index contributed by atoms with van der Waals surface area (Å²) < 4.78 is 23.9. The molecule has 4 N–H and O–H groups in total. The summed E-state index contributed by atoms with van der Waals surface area (Å²) in [5, 5.41) is 5.10. The molecule has 4 amide bonds. The molecule has 2 aliphatic rings. The van der Waals surface area contributed by atoms with Gasteiger partial charge in [-0.3, -0.25) is 19.7 Å². The maximum absolute atomic E-state index is 13.8. The monoisotopic (exact) mass is 536 g/mol. The minimum absolute atomic E-state index is 0.0379. The van der Waals surface area contributed by atoms with Crippen LogP contribution in [0, 0.1) is 5.92 Å². The van der Waals surface area contributed by atoms with Gasteiger partial charge in [-0.1, -0.05) is 29.8 Å². The number of hydrogen-bond donors (Lipinski definition) is 3. The lowest BCUT2D eigenvalue weighted by Crippen LogP contribution is -2.45. The number of alkyl carbamates (subject to hydrolysis) is 1. The van der Waals surface area contributed by atoms with Crippen molar-refractivity contribution in [1.29, 1.82) is 0 Å². The van der Waals surface area contributed by atoms with Crippen molar-refractivity contribution in [3.05, 3.63) is 40.0 Å². The number of hydrogen-bond acceptors (Lipinski definition) is 5. The molecule has 10 heteroatoms. The second kappa shape index (κ2) is 9.40. The highest BCUT2D eigenvalue weighted by atomic mass is 79.9. The molecule has 0 aliphatic carbocycles. The first-order valence-electron chi connectivity index (χ1n) is 11.9. The molecule has 0 aromatic heterocycles. The first-order valence-corrected chi connectivity index (χ1v) is 11.7. The molecular weight excluding hydrogens is 504 g/mol. The van der Waals surface area contributed by atoms with Crippen LogP contribution in [0.5, 0.6) is 0 Å². The van der Waals surface area contributed by atoms with Gasteiger partial charge >= 0.3 is 6.09 Å². The van der Waals surface area contributed by atoms with Crippen LogP contribution in [-0.2, 0) is 24.5 Å². The number of fused-ring (bicyclic) bond motifs is 2. The molecule has 2 atom stereocenters. The summed E-state index contributed by atoms with van der Waals surface area (Å²) in [7, 11) is 0. The summed E-state index contributed by atoms with van der Waals surface area (Å²) in [6.07, 6.45) is 0.200. The van der Waals surface area contributed by atoms with Crippen LogP contribution < -0.4 is 16.4 Å². The molecule has 184 valence electrons. The van der Waals surface area contributed by atoms with Crippen LogP contribution in [0.15, 0.2) is 34.4 Å². The van der Waals surface area contributed by atoms with Crippen molar-refractivity contribution in [3.8, 4) is 0 Å². The third-order valence-electron chi connectivity index (χ3n) is 5.41. The Morgan fingerprint density at radius 2 is 2.09 bits per heavy atom. The second-order valence-electron chi connectivity index (χ2n) is 9.87. The topological polar surface area (TPSA) is 131 Å². The fourth-order valence-electron chi connectivity index (χ4n) is 4.03. The molecule has 1 saturated heterocycles. The van der Waals surface area contributed by atoms with Gasteiger partial charge in [0.25, 0.3) is 5.91 Å². The fourth-order valence-corrected chi connectivity index (χ4v) is 4.39. The predicted molar refractivity (Wildman–Crippen MR) is 131 cm³/mol. The van der Waals surface area contributed by atoms with Crippen molar-refractivity contribution in [2.75, 3.05) is 11.8 Å². The maximum Gasteiger partial charge on any atom is 0.411 e. The Bertz CT molecular complexity index is 1150. The fraction of sp³-hybridized carbons (Fsp3) is 0.500. The zero-order chi connectivity index (χ0) is 27.2. The van der Waals surface area contributed by atoms with Gasteiger partial charge in [0, 0.05) is 28.4 Å². The van der Waals surface area contributed by atoms with Gasteiger partial charge in [-0.15, -0.1) is 0 Å². The van der Waals surface area contributed by atoms with Gasteiger partial charge in [0.2, 0.25) is 11.8 Å². The minimum atomic E-state index is -2.62. The number of nitrogens with zero attached hydrogens (tertiary/aromatic N) is 1. The second-order valence-corrected chi connectivity index (χ2v) is 10.8. The van der Waals surface area contributed by atoms with Gasteiger partial charge in [0.15, 0.2) is 0 Å². The number of nitrogens with two attached hydrogens (primary N) is 1. The van der Waals surface area contributed by atoms with Crippen LogP contribution in [0.3, 0.4) is 0 Å². The lowest BCUT2D eigenvalue weighted by atomic mass is 9.79. The van der Waals surface area contributed by atoms with E-state index in [9.17, 15) is 19.2 Å². The number of primary amides is 1. The van der Waals surface area contributed by atoms with Crippen LogP contribution >= 0.6 is 15.9 Å². The van der Waals surface area contributed by atoms with Gasteiger partial charge in [-0.25, -0.2) is 4.79 Å². The third-order valence-corrected chi connectivity index (χ3v) is 5.91. The van der Waals surface area contributed by atoms with Crippen molar-refractivity contribution in [3.63, 3.8) is 0 Å². The van der Waals surface area contributed by atoms with Crippen LogP contribution in [-0.4, -0.2) is 46.9 Å². The van der Waals surface area contributed by atoms with Crippen molar-refractivity contribution in [2.24, 2.45) is 11.7 Å². The predicted octanol–water partition coefficient (Wildman–Crippen LogP) is 3.18. The lowest BCUT2D eigenvalue weighted by molar-refractivity contribution is -0.134. The normalized spacial score (nSPS) is 24.4. The highest BCUT2D eigenvalue weighted by Crippen LogP contribution is 2.47. The molecule has 3 rings (SSSR count). The zero-order valence-corrected chi connectivity index (χ0v) is 21.4. The van der Waals surface area contributed by atoms with Crippen molar-refractivity contribution in [1.82, 2.24) is 10.2 Å². The summed E-state index contributed by atoms with van der Waals surface area (Å²) in [4.78, 5) is 52.5. The Balaban J connectivity index is 2.08. The number of rotatable bonds is 5. The van der Waals surface area contributed by atoms with Gasteiger partial charge in [-0.05, 0) is 63.3 Å². The van der Waals surface area contributed by atoms with E-state index in [-0.39, 0.29) is 24.3 Å². The first-order chi connectivity index (χ1) is 16.5. The van der Waals surface area contributed by atoms with Gasteiger partial charge in [0.1, 0.15) is 11.6 Å². The molecule has 2 aliphatic heterocycles. The number of ether oxygens (including phenoxy) is 1. The molecular formula is C24H31BrN4O5. The van der Waals surface area contributed by atoms with E-state index in [1.54, 1.807) is 39.0 Å². The van der Waals surface area contributed by atoms with Crippen molar-refractivity contribution >= 4 is 45.4 Å². The van der Waals surface area contributed by atoms with Gasteiger partial charge in [-0.2, -0.15) is 0 Å². The molecule has 1 fully saturated rings. The number of benzene rings is 1. The number of amides is 4. The standard InChI is InChI=1S/C24H31BrN4O5/c1-13(2)8-14(11-27-22(33)34-23(3,4)5)20(31)29-12-24(10-18(29)19(26)30)16-9-15(25)6-7-17(16)28-21(24)32/h6-7,9,11,13,18H,8,10,12H2,1-5H3,(H2,26,30)(H,27,33)(H,28,32)/t18-,24-/m0/s1/i12D2. The summed E-state index contributed by atoms with van der Waals surface area (Å²) in [6.45, 7) is 6.14. The van der Waals surface area contributed by atoms with E-state index >= 15 is 0 Å². The minimum Gasteiger partial charge on any atom is -0.444 e. The molecule has 1 aromatic rings. The number of anilines is 1. The molecule has 1 spiro atoms. The molecule has 9 nitrogen and oxygen atoms in total. The van der Waals surface area contributed by atoms with Gasteiger partial charge < -0.3 is 20.7 Å². The Hall–Kier alpha value is -2.88. The lowest BCUT2D eigenvalue weighted by Gasteiger charge is -2.25. The number of halogens is 1. The number of nitrogens with one attached hydrogen (secondary N) is 2. The maximum atomic E-state index is 13.8. The number of likely N-dealkylation sites (tertiary alicyclic amines) is 1. The molecule has 0 saturated carbocycles. The summed E-state index contributed by atoms with van der Waals surface area (Å²) >= 11 is 3.35. The Morgan fingerprint density at radius 1 is 1.41 bits per heavy atom. The van der Waals surface area contributed by atoms with Crippen LogP contribution in [0.4, 0.5) is 10.5 Å². The molecule has 0 bridgehead atoms. The number of carbonyl (C=O) groups excluding carboxylic acids is 4. The highest BCUT2D eigenvalue weighted by molar-refractivity contribution is 9.10. The highest BCUT2D eigenvalue weighted by Gasteiger charge is 2.57. The largest absolute Gasteiger partial charge is 0.444 e. The van der Waals surface area contributed by atoms with E-state index in [1.165, 1.54) is 0 Å². The summed E-state index contributed by atoms with van der Waals surface area (Å²) in [6, 6.07) is 3.52. The summed E-state index contributed by atoms with van der Waals surface area (Å²) in [5.74, 6) is -2.50.